The number of hydrogen-bond donors (Lipinski definition) is 1. The van der Waals surface area contributed by atoms with Gasteiger partial charge in [-0.1, -0.05) is 48.6 Å². The number of fused-ring (bicyclic) bond motifs is 2. The Balaban J connectivity index is 1.97. The Bertz CT molecular complexity index is 408. The molecule has 4 unspecified atom stereocenters. The first-order valence-electron chi connectivity index (χ1n) is 6.20. The maximum atomic E-state index is 11.5. The minimum absolute atomic E-state index is 0.162. The molecule has 0 spiro atoms. The largest absolute Gasteiger partial charge is 0.481 e. The van der Waals surface area contributed by atoms with Gasteiger partial charge in [-0.15, -0.1) is 0 Å². The average Bonchev–Trinajstić information content (AvgIpc) is 2.35. The molecule has 0 aromatic heterocycles. The first-order valence-corrected chi connectivity index (χ1v) is 6.20. The van der Waals surface area contributed by atoms with Crippen molar-refractivity contribution in [3.05, 3.63) is 48.6 Å². The Morgan fingerprint density at radius 3 is 1.82 bits per heavy atom. The van der Waals surface area contributed by atoms with E-state index >= 15 is 0 Å². The summed E-state index contributed by atoms with van der Waals surface area (Å²) in [6, 6.07) is 0. The lowest BCUT2D eigenvalue weighted by atomic mass is 9.60. The monoisotopic (exact) mass is 228 g/mol. The molecule has 0 amide bonds. The molecule has 0 aromatic carbocycles. The van der Waals surface area contributed by atoms with E-state index in [1.54, 1.807) is 0 Å². The quantitative estimate of drug-likeness (QED) is 0.749. The summed E-state index contributed by atoms with van der Waals surface area (Å²) >= 11 is 0. The highest BCUT2D eigenvalue weighted by Crippen LogP contribution is 2.47. The molecule has 2 nitrogen and oxygen atoms in total. The van der Waals surface area contributed by atoms with Crippen LogP contribution in [0.25, 0.3) is 0 Å². The predicted octanol–water partition coefficient (Wildman–Crippen LogP) is 2.81. The highest BCUT2D eigenvalue weighted by Gasteiger charge is 2.45. The van der Waals surface area contributed by atoms with Crippen molar-refractivity contribution in [1.82, 2.24) is 0 Å². The van der Waals surface area contributed by atoms with E-state index in [1.165, 1.54) is 0 Å². The Morgan fingerprint density at radius 1 is 0.882 bits per heavy atom. The number of aliphatic carboxylic acids is 1. The fourth-order valence-electron chi connectivity index (χ4n) is 3.48. The van der Waals surface area contributed by atoms with Crippen LogP contribution in [-0.4, -0.2) is 11.1 Å². The third kappa shape index (κ3) is 1.68. The molecule has 2 heteroatoms. The van der Waals surface area contributed by atoms with Crippen molar-refractivity contribution in [2.75, 3.05) is 0 Å². The number of carboxylic acids is 1. The minimum atomic E-state index is -0.658. The molecule has 1 fully saturated rings. The molecule has 0 radical (unpaired) electrons. The summed E-state index contributed by atoms with van der Waals surface area (Å²) in [6.45, 7) is 0. The Labute approximate surface area is 101 Å². The maximum absolute atomic E-state index is 11.5. The van der Waals surface area contributed by atoms with Gasteiger partial charge < -0.3 is 5.11 Å². The van der Waals surface area contributed by atoms with Crippen molar-refractivity contribution >= 4 is 5.97 Å². The third-order valence-electron chi connectivity index (χ3n) is 4.25. The van der Waals surface area contributed by atoms with Crippen LogP contribution in [0.1, 0.15) is 6.42 Å². The molecule has 0 saturated heterocycles. The summed E-state index contributed by atoms with van der Waals surface area (Å²) in [7, 11) is 0. The Morgan fingerprint density at radius 2 is 1.35 bits per heavy atom. The molecule has 4 atom stereocenters. The average molecular weight is 228 g/mol. The first-order chi connectivity index (χ1) is 8.27. The van der Waals surface area contributed by atoms with Gasteiger partial charge >= 0.3 is 5.97 Å². The molecule has 17 heavy (non-hydrogen) atoms. The number of carbonyl (C=O) groups is 1. The van der Waals surface area contributed by atoms with E-state index in [-0.39, 0.29) is 17.8 Å². The van der Waals surface area contributed by atoms with E-state index in [2.05, 4.69) is 24.3 Å². The minimum Gasteiger partial charge on any atom is -0.481 e. The number of rotatable bonds is 1. The van der Waals surface area contributed by atoms with Crippen molar-refractivity contribution in [3.63, 3.8) is 0 Å². The van der Waals surface area contributed by atoms with E-state index < -0.39 is 5.97 Å². The Kier molecular flexibility index (Phi) is 2.50. The van der Waals surface area contributed by atoms with E-state index in [4.69, 9.17) is 0 Å². The Hall–Kier alpha value is -1.57. The molecule has 3 aliphatic rings. The zero-order valence-corrected chi connectivity index (χ0v) is 9.57. The van der Waals surface area contributed by atoms with Crippen LogP contribution in [0.5, 0.6) is 0 Å². The van der Waals surface area contributed by atoms with Gasteiger partial charge in [0.25, 0.3) is 0 Å². The van der Waals surface area contributed by atoms with Crippen LogP contribution < -0.4 is 0 Å². The van der Waals surface area contributed by atoms with Crippen molar-refractivity contribution in [3.8, 4) is 0 Å². The van der Waals surface area contributed by atoms with Crippen molar-refractivity contribution < 1.29 is 9.90 Å². The molecular formula is C15H16O2. The predicted molar refractivity (Wildman–Crippen MR) is 66.3 cm³/mol. The molecule has 0 aliphatic heterocycles. The summed E-state index contributed by atoms with van der Waals surface area (Å²) in [6.07, 6.45) is 17.6. The lowest BCUT2D eigenvalue weighted by Crippen LogP contribution is -2.42. The highest BCUT2D eigenvalue weighted by molar-refractivity contribution is 5.72. The van der Waals surface area contributed by atoms with E-state index in [1.807, 2.05) is 24.3 Å². The van der Waals surface area contributed by atoms with Crippen molar-refractivity contribution in [2.24, 2.45) is 29.6 Å². The molecule has 0 heterocycles. The van der Waals surface area contributed by atoms with E-state index in [9.17, 15) is 9.90 Å². The molecular weight excluding hydrogens is 212 g/mol. The van der Waals surface area contributed by atoms with Crippen LogP contribution in [0.2, 0.25) is 0 Å². The molecule has 3 rings (SSSR count). The van der Waals surface area contributed by atoms with Gasteiger partial charge in [-0.2, -0.15) is 0 Å². The summed E-state index contributed by atoms with van der Waals surface area (Å²) < 4.78 is 0. The zero-order chi connectivity index (χ0) is 11.8. The second-order valence-corrected chi connectivity index (χ2v) is 5.12. The molecule has 0 aromatic rings. The number of allylic oxidation sites excluding steroid dienone is 8. The molecule has 1 saturated carbocycles. The summed E-state index contributed by atoms with van der Waals surface area (Å²) in [5, 5.41) is 9.50. The fourth-order valence-corrected chi connectivity index (χ4v) is 3.48. The molecule has 1 N–H and O–H groups in total. The van der Waals surface area contributed by atoms with Crippen molar-refractivity contribution in [1.29, 1.82) is 0 Å². The smallest absolute Gasteiger partial charge is 0.307 e. The zero-order valence-electron chi connectivity index (χ0n) is 9.57. The topological polar surface area (TPSA) is 37.3 Å². The van der Waals surface area contributed by atoms with Gasteiger partial charge in [0.2, 0.25) is 0 Å². The van der Waals surface area contributed by atoms with Crippen LogP contribution >= 0.6 is 0 Å². The summed E-state index contributed by atoms with van der Waals surface area (Å²) in [4.78, 5) is 11.5. The molecule has 88 valence electrons. The van der Waals surface area contributed by atoms with E-state index in [0.717, 1.165) is 6.42 Å². The third-order valence-corrected chi connectivity index (χ3v) is 4.25. The lowest BCUT2D eigenvalue weighted by molar-refractivity contribution is -0.147. The van der Waals surface area contributed by atoms with Crippen molar-refractivity contribution in [2.45, 2.75) is 6.42 Å². The van der Waals surface area contributed by atoms with Crippen LogP contribution in [0.15, 0.2) is 48.6 Å². The SMILES string of the molecule is O=C(O)C1C2C=CC=CC2CC2C=CC=CC21. The fraction of sp³-hybridized carbons (Fsp3) is 0.400. The normalized spacial score (nSPS) is 42.0. The van der Waals surface area contributed by atoms with Gasteiger partial charge in [0, 0.05) is 0 Å². The van der Waals surface area contributed by atoms with Crippen LogP contribution in [-0.2, 0) is 4.79 Å². The first kappa shape index (κ1) is 10.6. The number of carboxylic acid groups (broad SMARTS) is 1. The van der Waals surface area contributed by atoms with E-state index in [0.29, 0.717) is 11.8 Å². The standard InChI is InChI=1S/C15H16O2/c16-15(17)14-12-7-3-1-5-10(12)9-11-6-2-4-8-13(11)14/h1-8,10-14H,9H2,(H,16,17). The van der Waals surface area contributed by atoms with Crippen LogP contribution in [0, 0.1) is 29.6 Å². The van der Waals surface area contributed by atoms with Gasteiger partial charge in [0.05, 0.1) is 5.92 Å². The van der Waals surface area contributed by atoms with Gasteiger partial charge in [0.15, 0.2) is 0 Å². The van der Waals surface area contributed by atoms with Crippen LogP contribution in [0.3, 0.4) is 0 Å². The second-order valence-electron chi connectivity index (χ2n) is 5.12. The maximum Gasteiger partial charge on any atom is 0.307 e. The summed E-state index contributed by atoms with van der Waals surface area (Å²) in [5.74, 6) is 0.164. The number of hydrogen-bond acceptors (Lipinski definition) is 1. The van der Waals surface area contributed by atoms with Gasteiger partial charge in [0.1, 0.15) is 0 Å². The molecule has 0 bridgehead atoms. The van der Waals surface area contributed by atoms with Gasteiger partial charge in [-0.05, 0) is 30.1 Å². The lowest BCUT2D eigenvalue weighted by Gasteiger charge is -2.43. The highest BCUT2D eigenvalue weighted by atomic mass is 16.4. The van der Waals surface area contributed by atoms with Gasteiger partial charge in [-0.3, -0.25) is 4.79 Å². The summed E-state index contributed by atoms with van der Waals surface area (Å²) in [5.41, 5.74) is 0. The second kappa shape index (κ2) is 4.02. The van der Waals surface area contributed by atoms with Crippen LogP contribution in [0.4, 0.5) is 0 Å². The molecule has 3 aliphatic carbocycles. The van der Waals surface area contributed by atoms with Gasteiger partial charge in [-0.25, -0.2) is 0 Å².